The van der Waals surface area contributed by atoms with Crippen molar-refractivity contribution in [2.75, 3.05) is 6.61 Å². The van der Waals surface area contributed by atoms with Gasteiger partial charge in [0.2, 0.25) is 29.5 Å². The molecule has 1 unspecified atom stereocenters. The van der Waals surface area contributed by atoms with E-state index in [-0.39, 0.29) is 42.9 Å². The summed E-state index contributed by atoms with van der Waals surface area (Å²) in [6.45, 7) is -1.06. The molecule has 5 rings (SSSR count). The summed E-state index contributed by atoms with van der Waals surface area (Å²) in [4.78, 5) is 87.9. The second-order valence-corrected chi connectivity index (χ2v) is 11.8. The summed E-state index contributed by atoms with van der Waals surface area (Å²) in [6, 6.07) is 3.55. The third-order valence-corrected chi connectivity index (χ3v) is 8.14. The van der Waals surface area contributed by atoms with Crippen molar-refractivity contribution < 1.29 is 46.8 Å². The van der Waals surface area contributed by atoms with Crippen LogP contribution in [0.15, 0.2) is 67.3 Å². The number of aliphatic hydroxyl groups is 1. The Hall–Kier alpha value is -6.23. The molecule has 0 bridgehead atoms. The molecule has 51 heavy (non-hydrogen) atoms. The Morgan fingerprint density at radius 3 is 2.31 bits per heavy atom. The smallest absolute Gasteiger partial charge is 0.326 e. The third kappa shape index (κ3) is 9.48. The number of fused-ring (bicyclic) bond motifs is 1. The van der Waals surface area contributed by atoms with Gasteiger partial charge < -0.3 is 51.9 Å². The second-order valence-electron chi connectivity index (χ2n) is 11.8. The van der Waals surface area contributed by atoms with E-state index in [1.165, 1.54) is 43.0 Å². The molecule has 0 radical (unpaired) electrons. The van der Waals surface area contributed by atoms with Crippen LogP contribution in [0.1, 0.15) is 32.4 Å². The van der Waals surface area contributed by atoms with Gasteiger partial charge in [-0.1, -0.05) is 30.3 Å². The van der Waals surface area contributed by atoms with E-state index < -0.39 is 72.8 Å². The van der Waals surface area contributed by atoms with Gasteiger partial charge in [-0.3, -0.25) is 24.0 Å². The number of para-hydroxylation sites is 1. The van der Waals surface area contributed by atoms with Gasteiger partial charge in [-0.05, 0) is 35.7 Å². The van der Waals surface area contributed by atoms with E-state index in [1.807, 2.05) is 0 Å². The highest BCUT2D eigenvalue weighted by atomic mass is 16.4. The maximum absolute atomic E-state index is 14.1. The molecule has 1 fully saturated rings. The topological polar surface area (TPSA) is 268 Å². The summed E-state index contributed by atoms with van der Waals surface area (Å²) >= 11 is 0. The normalized spacial score (nSPS) is 18.1. The van der Waals surface area contributed by atoms with Crippen molar-refractivity contribution in [2.24, 2.45) is 0 Å². The molecule has 0 saturated carbocycles. The average Bonchev–Trinajstić information content (AvgIpc) is 3.92. The molecule has 3 heterocycles. The van der Waals surface area contributed by atoms with Gasteiger partial charge in [0.25, 0.3) is 0 Å². The van der Waals surface area contributed by atoms with Gasteiger partial charge in [0.05, 0.1) is 14.3 Å². The first-order valence-corrected chi connectivity index (χ1v) is 15.9. The largest absolute Gasteiger partial charge is 0.508 e. The SMILES string of the molecule is [2H]C(c1c[nH]c2ccccc12)[C@@]([2H])(NC(=O)[C@H](Cc1cnc[nH]1)NC(=O)[C@@H]1CCC(=O)N1)C(=O)N[C@@H](CO)C(=O)N[C@@H](Cc1ccc(O)cc1)C(=O)O. The molecule has 2 aromatic carbocycles. The second kappa shape index (κ2) is 16.4. The number of hydrogen-bond acceptors (Lipinski definition) is 9. The fourth-order valence-electron chi connectivity index (χ4n) is 5.43. The maximum atomic E-state index is 14.1. The number of aliphatic carboxylic acids is 1. The number of benzene rings is 2. The van der Waals surface area contributed by atoms with Crippen LogP contribution in [0, 0.1) is 0 Å². The van der Waals surface area contributed by atoms with Crippen LogP contribution in [0.3, 0.4) is 0 Å². The Bertz CT molecular complexity index is 1970. The van der Waals surface area contributed by atoms with Crippen LogP contribution in [-0.4, -0.2) is 103 Å². The van der Waals surface area contributed by atoms with Crippen LogP contribution in [0.2, 0.25) is 0 Å². The van der Waals surface area contributed by atoms with Crippen LogP contribution in [0.25, 0.3) is 10.9 Å². The molecule has 0 aliphatic carbocycles. The summed E-state index contributed by atoms with van der Waals surface area (Å²) < 4.78 is 18.5. The molecule has 4 aromatic rings. The molecule has 2 aromatic heterocycles. The lowest BCUT2D eigenvalue weighted by atomic mass is 10.0. The molecule has 17 heteroatoms. The molecule has 10 N–H and O–H groups in total. The number of H-pyrrole nitrogens is 2. The molecular formula is C34H38N8O9. The summed E-state index contributed by atoms with van der Waals surface area (Å²) in [5.41, 5.74) is 1.49. The molecule has 17 nitrogen and oxygen atoms in total. The number of hydrogen-bond donors (Lipinski definition) is 10. The van der Waals surface area contributed by atoms with E-state index in [0.29, 0.717) is 22.2 Å². The number of rotatable bonds is 16. The number of amides is 5. The van der Waals surface area contributed by atoms with Crippen molar-refractivity contribution in [3.05, 3.63) is 84.1 Å². The zero-order chi connectivity index (χ0) is 38.3. The fraction of sp³-hybridized carbons (Fsp3) is 0.324. The number of aromatic amines is 2. The Morgan fingerprint density at radius 2 is 1.65 bits per heavy atom. The van der Waals surface area contributed by atoms with Crippen molar-refractivity contribution in [3.63, 3.8) is 0 Å². The number of phenolic OH excluding ortho intramolecular Hbond substituents is 1. The van der Waals surface area contributed by atoms with Crippen LogP contribution in [0.4, 0.5) is 0 Å². The highest BCUT2D eigenvalue weighted by Gasteiger charge is 2.34. The van der Waals surface area contributed by atoms with Gasteiger partial charge in [0.1, 0.15) is 35.9 Å². The number of carbonyl (C=O) groups is 6. The number of nitrogens with one attached hydrogen (secondary N) is 7. The van der Waals surface area contributed by atoms with E-state index >= 15 is 0 Å². The first kappa shape index (κ1) is 33.3. The van der Waals surface area contributed by atoms with Gasteiger partial charge in [0, 0.05) is 56.0 Å². The summed E-state index contributed by atoms with van der Waals surface area (Å²) in [5, 5.41) is 41.7. The fourth-order valence-corrected chi connectivity index (χ4v) is 5.43. The van der Waals surface area contributed by atoms with Gasteiger partial charge in [-0.25, -0.2) is 9.78 Å². The van der Waals surface area contributed by atoms with Crippen LogP contribution in [-0.2, 0) is 48.0 Å². The van der Waals surface area contributed by atoms with Crippen molar-refractivity contribution >= 4 is 46.4 Å². The number of imidazole rings is 1. The van der Waals surface area contributed by atoms with E-state index in [9.17, 15) is 45.5 Å². The molecule has 1 saturated heterocycles. The number of aromatic nitrogens is 3. The van der Waals surface area contributed by atoms with Crippen LogP contribution >= 0.6 is 0 Å². The quantitative estimate of drug-likeness (QED) is 0.0674. The number of aromatic hydroxyl groups is 1. The molecule has 1 aliphatic heterocycles. The number of nitrogens with zero attached hydrogens (tertiary/aromatic N) is 1. The summed E-state index contributed by atoms with van der Waals surface area (Å²) in [6.07, 6.45) is 2.06. The molecular weight excluding hydrogens is 664 g/mol. The van der Waals surface area contributed by atoms with E-state index in [2.05, 4.69) is 41.5 Å². The Morgan fingerprint density at radius 1 is 0.922 bits per heavy atom. The van der Waals surface area contributed by atoms with E-state index in [0.717, 1.165) is 0 Å². The van der Waals surface area contributed by atoms with Crippen LogP contribution in [0.5, 0.6) is 5.75 Å². The lowest BCUT2D eigenvalue weighted by molar-refractivity contribution is -0.142. The number of carboxylic acids is 1. The first-order chi connectivity index (χ1) is 25.3. The Kier molecular flexibility index (Phi) is 10.7. The first-order valence-electron chi connectivity index (χ1n) is 17.0. The van der Waals surface area contributed by atoms with E-state index in [4.69, 9.17) is 1.37 Å². The molecule has 5 amide bonds. The predicted molar refractivity (Wildman–Crippen MR) is 180 cm³/mol. The predicted octanol–water partition coefficient (Wildman–Crippen LogP) is -1.08. The van der Waals surface area contributed by atoms with Crippen molar-refractivity contribution in [1.82, 2.24) is 41.5 Å². The number of phenols is 1. The van der Waals surface area contributed by atoms with Crippen molar-refractivity contribution in [2.45, 2.75) is 62.3 Å². The third-order valence-electron chi connectivity index (χ3n) is 8.14. The molecule has 268 valence electrons. The average molecular weight is 705 g/mol. The van der Waals surface area contributed by atoms with Crippen molar-refractivity contribution in [3.8, 4) is 5.75 Å². The highest BCUT2D eigenvalue weighted by molar-refractivity contribution is 5.97. The Balaban J connectivity index is 1.42. The lowest BCUT2D eigenvalue weighted by Crippen LogP contribution is -2.60. The molecule has 1 aliphatic rings. The molecule has 0 spiro atoms. The number of carboxylic acid groups (broad SMARTS) is 1. The number of carbonyl (C=O) groups excluding carboxylic acids is 5. The zero-order valence-corrected chi connectivity index (χ0v) is 27.0. The maximum Gasteiger partial charge on any atom is 0.326 e. The zero-order valence-electron chi connectivity index (χ0n) is 29.0. The van der Waals surface area contributed by atoms with E-state index in [1.54, 1.807) is 24.3 Å². The summed E-state index contributed by atoms with van der Waals surface area (Å²) in [5.74, 6) is -6.19. The van der Waals surface area contributed by atoms with Crippen molar-refractivity contribution in [1.29, 1.82) is 0 Å². The standard InChI is InChI=1S/C34H38N8O9/c43-16-28(33(49)41-27(34(50)51)11-18-5-7-21(44)8-6-18)42-31(47)25(12-19-14-36-23-4-2-1-3-22(19)23)39-32(48)26(13-20-15-35-17-37-20)40-30(46)24-9-10-29(45)38-24/h1-8,14-15,17,24-28,36,43-44H,9-13,16H2,(H,35,37)(H,38,45)(H,39,48)(H,40,46)(H,41,49)(H,42,47)(H,50,51)/t24-,25+,26-,27-,28-/m0/s1/i12D,25D/t12?,24-,25+,26-,27-,28-. The minimum atomic E-state index is -2.94. The van der Waals surface area contributed by atoms with Gasteiger partial charge in [-0.2, -0.15) is 0 Å². The lowest BCUT2D eigenvalue weighted by Gasteiger charge is -2.26. The Labute approximate surface area is 293 Å². The minimum Gasteiger partial charge on any atom is -0.508 e. The summed E-state index contributed by atoms with van der Waals surface area (Å²) in [7, 11) is 0. The van der Waals surface area contributed by atoms with Crippen LogP contribution < -0.4 is 26.6 Å². The van der Waals surface area contributed by atoms with Gasteiger partial charge in [0.15, 0.2) is 0 Å². The minimum absolute atomic E-state index is 0.0589. The number of aliphatic hydroxyl groups excluding tert-OH is 1. The monoisotopic (exact) mass is 704 g/mol. The molecule has 6 atom stereocenters. The van der Waals surface area contributed by atoms with Gasteiger partial charge >= 0.3 is 5.97 Å². The highest BCUT2D eigenvalue weighted by Crippen LogP contribution is 2.20. The van der Waals surface area contributed by atoms with Gasteiger partial charge in [-0.15, -0.1) is 0 Å².